The summed E-state index contributed by atoms with van der Waals surface area (Å²) in [4.78, 5) is 0. The van der Waals surface area contributed by atoms with E-state index in [2.05, 4.69) is 45.3 Å². The highest BCUT2D eigenvalue weighted by Gasteiger charge is 2.33. The second-order valence-electron chi connectivity index (χ2n) is 5.65. The maximum atomic E-state index is 3.30. The first-order valence-electron chi connectivity index (χ1n) is 6.86. The van der Waals surface area contributed by atoms with Crippen molar-refractivity contribution >= 4 is 0 Å². The molecule has 0 saturated heterocycles. The quantitative estimate of drug-likeness (QED) is 0.814. The van der Waals surface area contributed by atoms with Gasteiger partial charge in [-0.25, -0.2) is 0 Å². The second-order valence-corrected chi connectivity index (χ2v) is 5.65. The molecular formula is C16H25N. The molecule has 1 fully saturated rings. The van der Waals surface area contributed by atoms with Crippen molar-refractivity contribution in [2.75, 3.05) is 13.6 Å². The van der Waals surface area contributed by atoms with Gasteiger partial charge in [0.05, 0.1) is 0 Å². The molecule has 1 saturated carbocycles. The minimum atomic E-state index is 0.781. The molecule has 0 amide bonds. The molecule has 2 rings (SSSR count). The van der Waals surface area contributed by atoms with Gasteiger partial charge in [0.2, 0.25) is 0 Å². The van der Waals surface area contributed by atoms with Crippen molar-refractivity contribution in [3.63, 3.8) is 0 Å². The Morgan fingerprint density at radius 2 is 1.76 bits per heavy atom. The minimum Gasteiger partial charge on any atom is -0.320 e. The van der Waals surface area contributed by atoms with Crippen LogP contribution in [0.5, 0.6) is 0 Å². The molecule has 0 bridgehead atoms. The molecule has 0 radical (unpaired) electrons. The minimum absolute atomic E-state index is 0.781. The lowest BCUT2D eigenvalue weighted by molar-refractivity contribution is 0.536. The third-order valence-electron chi connectivity index (χ3n) is 4.01. The molecule has 1 aromatic carbocycles. The fourth-order valence-corrected chi connectivity index (χ4v) is 3.19. The Labute approximate surface area is 106 Å². The van der Waals surface area contributed by atoms with Crippen LogP contribution < -0.4 is 5.32 Å². The predicted octanol–water partition coefficient (Wildman–Crippen LogP) is 3.71. The van der Waals surface area contributed by atoms with Gasteiger partial charge in [-0.2, -0.15) is 0 Å². The van der Waals surface area contributed by atoms with Crippen molar-refractivity contribution in [1.82, 2.24) is 5.32 Å². The predicted molar refractivity (Wildman–Crippen MR) is 74.7 cm³/mol. The van der Waals surface area contributed by atoms with Gasteiger partial charge in [-0.15, -0.1) is 0 Å². The van der Waals surface area contributed by atoms with Gasteiger partial charge in [-0.3, -0.25) is 0 Å². The van der Waals surface area contributed by atoms with Crippen LogP contribution in [-0.4, -0.2) is 13.6 Å². The number of aryl methyl sites for hydroxylation is 3. The smallest absolute Gasteiger partial charge is 0.00460 e. The number of rotatable bonds is 5. The lowest BCUT2D eigenvalue weighted by atomic mass is 9.84. The van der Waals surface area contributed by atoms with E-state index in [-0.39, 0.29) is 0 Å². The lowest BCUT2D eigenvalue weighted by Gasteiger charge is -2.22. The van der Waals surface area contributed by atoms with Crippen LogP contribution in [0.1, 0.15) is 47.4 Å². The SMILES string of the molecule is CNCCC(c1c(C)cc(C)cc1C)C1CC1. The van der Waals surface area contributed by atoms with Gasteiger partial charge in [0, 0.05) is 0 Å². The normalized spacial score (nSPS) is 17.2. The zero-order valence-corrected chi connectivity index (χ0v) is 11.6. The van der Waals surface area contributed by atoms with Crippen molar-refractivity contribution in [2.24, 2.45) is 5.92 Å². The Hall–Kier alpha value is -0.820. The van der Waals surface area contributed by atoms with E-state index >= 15 is 0 Å². The van der Waals surface area contributed by atoms with Gasteiger partial charge in [-0.05, 0) is 82.2 Å². The van der Waals surface area contributed by atoms with Gasteiger partial charge in [0.1, 0.15) is 0 Å². The molecule has 0 heterocycles. The Kier molecular flexibility index (Phi) is 3.88. The van der Waals surface area contributed by atoms with Crippen LogP contribution in [0.2, 0.25) is 0 Å². The van der Waals surface area contributed by atoms with Crippen molar-refractivity contribution in [1.29, 1.82) is 0 Å². The molecule has 94 valence electrons. The highest BCUT2D eigenvalue weighted by atomic mass is 14.8. The molecule has 0 aromatic heterocycles. The molecule has 1 aromatic rings. The summed E-state index contributed by atoms with van der Waals surface area (Å²) in [7, 11) is 2.05. The average molecular weight is 231 g/mol. The third-order valence-corrected chi connectivity index (χ3v) is 4.01. The molecule has 1 unspecified atom stereocenters. The van der Waals surface area contributed by atoms with E-state index in [4.69, 9.17) is 0 Å². The van der Waals surface area contributed by atoms with Gasteiger partial charge in [0.15, 0.2) is 0 Å². The summed E-state index contributed by atoms with van der Waals surface area (Å²) in [6.45, 7) is 7.89. The zero-order valence-electron chi connectivity index (χ0n) is 11.6. The number of hydrogen-bond acceptors (Lipinski definition) is 1. The molecule has 17 heavy (non-hydrogen) atoms. The standard InChI is InChI=1S/C16H25N/c1-11-9-12(2)16(13(3)10-11)15(7-8-17-4)14-5-6-14/h9-10,14-15,17H,5-8H2,1-4H3. The van der Waals surface area contributed by atoms with Crippen LogP contribution in [0.4, 0.5) is 0 Å². The van der Waals surface area contributed by atoms with Gasteiger partial charge < -0.3 is 5.32 Å². The van der Waals surface area contributed by atoms with Gasteiger partial charge in [0.25, 0.3) is 0 Å². The van der Waals surface area contributed by atoms with E-state index in [0.29, 0.717) is 0 Å². The van der Waals surface area contributed by atoms with E-state index in [1.165, 1.54) is 36.0 Å². The molecular weight excluding hydrogens is 206 g/mol. The summed E-state index contributed by atoms with van der Waals surface area (Å²) < 4.78 is 0. The molecule has 0 aliphatic heterocycles. The van der Waals surface area contributed by atoms with E-state index in [1.807, 2.05) is 0 Å². The number of nitrogens with one attached hydrogen (secondary N) is 1. The van der Waals surface area contributed by atoms with Crippen molar-refractivity contribution < 1.29 is 0 Å². The Morgan fingerprint density at radius 1 is 1.18 bits per heavy atom. The van der Waals surface area contributed by atoms with E-state index in [0.717, 1.165) is 18.4 Å². The third kappa shape index (κ3) is 2.90. The molecule has 1 N–H and O–H groups in total. The highest BCUT2D eigenvalue weighted by Crippen LogP contribution is 2.46. The van der Waals surface area contributed by atoms with Crippen LogP contribution >= 0.6 is 0 Å². The first kappa shape index (κ1) is 12.6. The largest absolute Gasteiger partial charge is 0.320 e. The van der Waals surface area contributed by atoms with Gasteiger partial charge in [-0.1, -0.05) is 17.7 Å². The molecule has 1 atom stereocenters. The maximum absolute atomic E-state index is 3.30. The fraction of sp³-hybridized carbons (Fsp3) is 0.625. The van der Waals surface area contributed by atoms with Crippen LogP contribution in [0.3, 0.4) is 0 Å². The maximum Gasteiger partial charge on any atom is -0.00460 e. The van der Waals surface area contributed by atoms with E-state index in [1.54, 1.807) is 5.56 Å². The molecule has 1 nitrogen and oxygen atoms in total. The van der Waals surface area contributed by atoms with Crippen LogP contribution in [0.15, 0.2) is 12.1 Å². The van der Waals surface area contributed by atoms with E-state index in [9.17, 15) is 0 Å². The van der Waals surface area contributed by atoms with Crippen LogP contribution in [-0.2, 0) is 0 Å². The summed E-state index contributed by atoms with van der Waals surface area (Å²) in [5.74, 6) is 1.73. The topological polar surface area (TPSA) is 12.0 Å². The first-order valence-corrected chi connectivity index (χ1v) is 6.86. The molecule has 1 aliphatic carbocycles. The molecule has 0 spiro atoms. The Morgan fingerprint density at radius 3 is 2.24 bits per heavy atom. The summed E-state index contributed by atoms with van der Waals surface area (Å²) >= 11 is 0. The molecule has 1 aliphatic rings. The monoisotopic (exact) mass is 231 g/mol. The van der Waals surface area contributed by atoms with Crippen LogP contribution in [0, 0.1) is 26.7 Å². The Bertz CT molecular complexity index is 368. The summed E-state index contributed by atoms with van der Waals surface area (Å²) in [6.07, 6.45) is 4.15. The summed E-state index contributed by atoms with van der Waals surface area (Å²) in [6, 6.07) is 4.69. The van der Waals surface area contributed by atoms with E-state index < -0.39 is 0 Å². The Balaban J connectivity index is 2.28. The van der Waals surface area contributed by atoms with Gasteiger partial charge >= 0.3 is 0 Å². The number of hydrogen-bond donors (Lipinski definition) is 1. The highest BCUT2D eigenvalue weighted by molar-refractivity contribution is 5.40. The summed E-state index contributed by atoms with van der Waals surface area (Å²) in [5.41, 5.74) is 6.02. The number of benzene rings is 1. The first-order chi connectivity index (χ1) is 8.13. The average Bonchev–Trinajstić information content (AvgIpc) is 3.05. The van der Waals surface area contributed by atoms with Crippen molar-refractivity contribution in [2.45, 2.75) is 46.0 Å². The van der Waals surface area contributed by atoms with Crippen molar-refractivity contribution in [3.05, 3.63) is 34.4 Å². The zero-order chi connectivity index (χ0) is 12.4. The molecule has 1 heteroatoms. The van der Waals surface area contributed by atoms with Crippen molar-refractivity contribution in [3.8, 4) is 0 Å². The fourth-order valence-electron chi connectivity index (χ4n) is 3.19. The second kappa shape index (κ2) is 5.22. The summed E-state index contributed by atoms with van der Waals surface area (Å²) in [5, 5.41) is 3.30. The van der Waals surface area contributed by atoms with Crippen LogP contribution in [0.25, 0.3) is 0 Å². The lowest BCUT2D eigenvalue weighted by Crippen LogP contribution is -2.15.